The average Bonchev–Trinajstić information content (AvgIpc) is 2.80. The molecule has 4 heteroatoms. The molecule has 2 aliphatic carbocycles. The lowest BCUT2D eigenvalue weighted by atomic mass is 9.64. The molecule has 0 radical (unpaired) electrons. The molecule has 1 nitrogen and oxygen atoms in total. The maximum Gasteiger partial charge on any atom is 0.174 e. The van der Waals surface area contributed by atoms with Crippen molar-refractivity contribution in [2.75, 3.05) is 7.11 Å². The molecule has 4 rings (SSSR count). The Kier molecular flexibility index (Phi) is 6.94. The molecule has 2 aromatic rings. The van der Waals surface area contributed by atoms with E-state index in [1.807, 2.05) is 0 Å². The van der Waals surface area contributed by atoms with Crippen LogP contribution in [0.2, 0.25) is 0 Å². The smallest absolute Gasteiger partial charge is 0.174 e. The predicted octanol–water partition coefficient (Wildman–Crippen LogP) is 7.39. The molecular formula is C28H29F3O. The standard InChI is InChI=1S/C28H29F3O/c1-3-4-18-6-9-22-17-23(11-10-21(22)15-18)24-13-12-20(27(30)28(24)31)8-5-19-7-14-26(32-2)25(29)16-19/h3-4,7,12-14,16,18,21-23H,6,9-11,15,17H2,1-2H3/b4-3+. The van der Waals surface area contributed by atoms with E-state index in [9.17, 15) is 13.2 Å². The van der Waals surface area contributed by atoms with Crippen LogP contribution in [0.4, 0.5) is 13.2 Å². The first-order valence-corrected chi connectivity index (χ1v) is 11.5. The van der Waals surface area contributed by atoms with Crippen molar-refractivity contribution in [1.29, 1.82) is 0 Å². The summed E-state index contributed by atoms with van der Waals surface area (Å²) in [6.07, 6.45) is 10.9. The van der Waals surface area contributed by atoms with Crippen LogP contribution in [0.1, 0.15) is 68.1 Å². The summed E-state index contributed by atoms with van der Waals surface area (Å²) in [5.74, 6) is 5.25. The van der Waals surface area contributed by atoms with Crippen molar-refractivity contribution >= 4 is 0 Å². The predicted molar refractivity (Wildman–Crippen MR) is 121 cm³/mol. The zero-order valence-corrected chi connectivity index (χ0v) is 18.6. The fourth-order valence-corrected chi connectivity index (χ4v) is 5.51. The summed E-state index contributed by atoms with van der Waals surface area (Å²) < 4.78 is 48.5. The molecule has 32 heavy (non-hydrogen) atoms. The summed E-state index contributed by atoms with van der Waals surface area (Å²) in [5, 5.41) is 0. The van der Waals surface area contributed by atoms with Gasteiger partial charge in [-0.05, 0) is 98.9 Å². The molecule has 4 unspecified atom stereocenters. The molecule has 0 spiro atoms. The normalized spacial score (nSPS) is 25.2. The average molecular weight is 439 g/mol. The second-order valence-corrected chi connectivity index (χ2v) is 9.06. The summed E-state index contributed by atoms with van der Waals surface area (Å²) in [4.78, 5) is 0. The maximum atomic E-state index is 15.0. The van der Waals surface area contributed by atoms with Gasteiger partial charge >= 0.3 is 0 Å². The van der Waals surface area contributed by atoms with E-state index in [4.69, 9.17) is 4.74 Å². The van der Waals surface area contributed by atoms with Gasteiger partial charge in [-0.25, -0.2) is 13.2 Å². The monoisotopic (exact) mass is 438 g/mol. The minimum atomic E-state index is -0.914. The first kappa shape index (κ1) is 22.5. The molecule has 0 heterocycles. The Morgan fingerprint density at radius 1 is 0.906 bits per heavy atom. The molecule has 0 saturated heterocycles. The van der Waals surface area contributed by atoms with Gasteiger partial charge < -0.3 is 4.74 Å². The first-order valence-electron chi connectivity index (χ1n) is 11.5. The number of ether oxygens (including phenoxy) is 1. The highest BCUT2D eigenvalue weighted by Crippen LogP contribution is 2.48. The number of benzene rings is 2. The topological polar surface area (TPSA) is 9.23 Å². The van der Waals surface area contributed by atoms with E-state index >= 15 is 0 Å². The molecule has 2 aromatic carbocycles. The Morgan fingerprint density at radius 3 is 2.44 bits per heavy atom. The van der Waals surface area contributed by atoms with E-state index < -0.39 is 17.5 Å². The van der Waals surface area contributed by atoms with Crippen molar-refractivity contribution < 1.29 is 17.9 Å². The van der Waals surface area contributed by atoms with Crippen LogP contribution < -0.4 is 4.74 Å². The highest BCUT2D eigenvalue weighted by Gasteiger charge is 2.36. The van der Waals surface area contributed by atoms with Gasteiger partial charge in [0.25, 0.3) is 0 Å². The number of rotatable bonds is 3. The van der Waals surface area contributed by atoms with E-state index in [1.54, 1.807) is 18.2 Å². The lowest BCUT2D eigenvalue weighted by Crippen LogP contribution is -2.30. The molecule has 0 N–H and O–H groups in total. The van der Waals surface area contributed by atoms with E-state index in [1.165, 1.54) is 38.5 Å². The van der Waals surface area contributed by atoms with Crippen LogP contribution in [0.5, 0.6) is 5.75 Å². The SMILES string of the molecule is C/C=C/C1CCC2CC(c3ccc(C#Cc4ccc(OC)c(F)c4)c(F)c3F)CCC2C1. The second-order valence-electron chi connectivity index (χ2n) is 9.06. The van der Waals surface area contributed by atoms with Crippen molar-refractivity contribution in [2.45, 2.75) is 51.4 Å². The van der Waals surface area contributed by atoms with Crippen molar-refractivity contribution in [3.63, 3.8) is 0 Å². The van der Waals surface area contributed by atoms with Crippen LogP contribution in [0.25, 0.3) is 0 Å². The Hall–Kier alpha value is -2.67. The third kappa shape index (κ3) is 4.72. The van der Waals surface area contributed by atoms with Gasteiger partial charge in [-0.2, -0.15) is 0 Å². The lowest BCUT2D eigenvalue weighted by molar-refractivity contribution is 0.132. The van der Waals surface area contributed by atoms with Crippen LogP contribution in [0, 0.1) is 47.0 Å². The van der Waals surface area contributed by atoms with E-state index in [-0.39, 0.29) is 17.2 Å². The molecule has 2 aliphatic rings. The van der Waals surface area contributed by atoms with E-state index in [0.717, 1.165) is 19.3 Å². The van der Waals surface area contributed by atoms with Crippen molar-refractivity contribution in [3.05, 3.63) is 76.6 Å². The van der Waals surface area contributed by atoms with Gasteiger partial charge in [0.05, 0.1) is 12.7 Å². The van der Waals surface area contributed by atoms with Gasteiger partial charge in [-0.15, -0.1) is 0 Å². The van der Waals surface area contributed by atoms with Gasteiger partial charge in [-0.3, -0.25) is 0 Å². The zero-order chi connectivity index (χ0) is 22.7. The number of halogens is 3. The van der Waals surface area contributed by atoms with Crippen LogP contribution >= 0.6 is 0 Å². The molecule has 0 amide bonds. The number of hydrogen-bond acceptors (Lipinski definition) is 1. The second kappa shape index (κ2) is 9.86. The largest absolute Gasteiger partial charge is 0.494 e. The Labute approximate surface area is 188 Å². The Bertz CT molecular complexity index is 1060. The molecule has 0 aromatic heterocycles. The molecule has 0 bridgehead atoms. The van der Waals surface area contributed by atoms with E-state index in [2.05, 4.69) is 30.9 Å². The van der Waals surface area contributed by atoms with Crippen LogP contribution in [0.3, 0.4) is 0 Å². The highest BCUT2D eigenvalue weighted by molar-refractivity contribution is 5.46. The summed E-state index contributed by atoms with van der Waals surface area (Å²) >= 11 is 0. The van der Waals surface area contributed by atoms with E-state index in [0.29, 0.717) is 28.9 Å². The van der Waals surface area contributed by atoms with Crippen LogP contribution in [0.15, 0.2) is 42.5 Å². The number of methoxy groups -OCH3 is 1. The Morgan fingerprint density at radius 2 is 1.69 bits per heavy atom. The third-order valence-electron chi connectivity index (χ3n) is 7.16. The summed E-state index contributed by atoms with van der Waals surface area (Å²) in [6.45, 7) is 2.07. The van der Waals surface area contributed by atoms with Crippen LogP contribution in [-0.4, -0.2) is 7.11 Å². The van der Waals surface area contributed by atoms with Crippen LogP contribution in [-0.2, 0) is 0 Å². The van der Waals surface area contributed by atoms with Crippen molar-refractivity contribution in [1.82, 2.24) is 0 Å². The molecular weight excluding hydrogens is 409 g/mol. The molecule has 2 fully saturated rings. The number of hydrogen-bond donors (Lipinski definition) is 0. The van der Waals surface area contributed by atoms with Crippen molar-refractivity contribution in [2.24, 2.45) is 17.8 Å². The lowest BCUT2D eigenvalue weighted by Gasteiger charge is -2.41. The minimum absolute atomic E-state index is 0.0111. The summed E-state index contributed by atoms with van der Waals surface area (Å²) in [5.41, 5.74) is 0.833. The summed E-state index contributed by atoms with van der Waals surface area (Å²) in [6, 6.07) is 7.50. The molecule has 168 valence electrons. The van der Waals surface area contributed by atoms with Gasteiger partial charge in [-0.1, -0.05) is 30.1 Å². The minimum Gasteiger partial charge on any atom is -0.494 e. The Balaban J connectivity index is 1.49. The van der Waals surface area contributed by atoms with Gasteiger partial charge in [0.2, 0.25) is 0 Å². The van der Waals surface area contributed by atoms with Gasteiger partial charge in [0, 0.05) is 5.56 Å². The molecule has 0 aliphatic heterocycles. The fourth-order valence-electron chi connectivity index (χ4n) is 5.51. The quantitative estimate of drug-likeness (QED) is 0.359. The van der Waals surface area contributed by atoms with Gasteiger partial charge in [0.1, 0.15) is 0 Å². The summed E-state index contributed by atoms with van der Waals surface area (Å²) in [7, 11) is 1.38. The zero-order valence-electron chi connectivity index (χ0n) is 18.6. The number of fused-ring (bicyclic) bond motifs is 1. The fraction of sp³-hybridized carbons (Fsp3) is 0.429. The van der Waals surface area contributed by atoms with Crippen molar-refractivity contribution in [3.8, 4) is 17.6 Å². The highest BCUT2D eigenvalue weighted by atomic mass is 19.2. The molecule has 4 atom stereocenters. The maximum absolute atomic E-state index is 15.0. The first-order chi connectivity index (χ1) is 15.5. The number of allylic oxidation sites excluding steroid dienone is 2. The molecule has 2 saturated carbocycles. The van der Waals surface area contributed by atoms with Gasteiger partial charge in [0.15, 0.2) is 23.2 Å². The third-order valence-corrected chi connectivity index (χ3v) is 7.16.